The molecule has 0 fully saturated rings. The van der Waals surface area contributed by atoms with E-state index in [4.69, 9.17) is 9.57 Å². The summed E-state index contributed by atoms with van der Waals surface area (Å²) in [5.74, 6) is -1.32. The third-order valence-electron chi connectivity index (χ3n) is 4.85. The minimum atomic E-state index is -0.620. The largest absolute Gasteiger partial charge is 0.496 e. The Bertz CT molecular complexity index is 1320. The molecule has 2 aromatic heterocycles. The number of carbonyl (C=O) groups excluding carboxylic acids is 2. The van der Waals surface area contributed by atoms with Gasteiger partial charge in [-0.2, -0.15) is 5.10 Å². The molecule has 0 aliphatic carbocycles. The van der Waals surface area contributed by atoms with Crippen LogP contribution in [0, 0.1) is 5.82 Å². The molecule has 0 unspecified atom stereocenters. The average molecular weight is 501 g/mol. The molecular formula is C24H25FN4O5S. The summed E-state index contributed by atoms with van der Waals surface area (Å²) in [6.07, 6.45) is -0.509. The van der Waals surface area contributed by atoms with Crippen molar-refractivity contribution in [1.82, 2.24) is 9.89 Å². The fourth-order valence-electron chi connectivity index (χ4n) is 3.12. The van der Waals surface area contributed by atoms with Gasteiger partial charge in [-0.3, -0.25) is 14.4 Å². The van der Waals surface area contributed by atoms with Gasteiger partial charge in [-0.1, -0.05) is 11.2 Å². The molecule has 3 aromatic rings. The first-order chi connectivity index (χ1) is 16.6. The number of methoxy groups -OCH3 is 1. The molecule has 35 heavy (non-hydrogen) atoms. The zero-order chi connectivity index (χ0) is 25.7. The first-order valence-electron chi connectivity index (χ1n) is 10.6. The maximum Gasteiger partial charge on any atom is 0.295 e. The molecule has 0 aliphatic heterocycles. The molecule has 0 spiro atoms. The first kappa shape index (κ1) is 25.8. The summed E-state index contributed by atoms with van der Waals surface area (Å²) in [4.78, 5) is 45.7. The van der Waals surface area contributed by atoms with Gasteiger partial charge in [0.15, 0.2) is 5.78 Å². The lowest BCUT2D eigenvalue weighted by atomic mass is 10.0. The number of rotatable bonds is 9. The number of amides is 1. The van der Waals surface area contributed by atoms with E-state index in [1.807, 2.05) is 0 Å². The fourth-order valence-corrected chi connectivity index (χ4v) is 3.81. The molecule has 0 saturated heterocycles. The van der Waals surface area contributed by atoms with Gasteiger partial charge in [-0.25, -0.2) is 9.40 Å². The number of thiophene rings is 1. The van der Waals surface area contributed by atoms with Crippen LogP contribution in [0.1, 0.15) is 52.1 Å². The molecule has 0 N–H and O–H groups in total. The van der Waals surface area contributed by atoms with E-state index in [-0.39, 0.29) is 40.8 Å². The molecule has 1 aromatic carbocycles. The molecule has 3 rings (SSSR count). The highest BCUT2D eigenvalue weighted by Gasteiger charge is 2.22. The average Bonchev–Trinajstić information content (AvgIpc) is 3.37. The van der Waals surface area contributed by atoms with Crippen LogP contribution in [0.3, 0.4) is 0 Å². The molecule has 184 valence electrons. The summed E-state index contributed by atoms with van der Waals surface area (Å²) < 4.78 is 19.0. The van der Waals surface area contributed by atoms with E-state index in [1.165, 1.54) is 43.7 Å². The number of halogens is 1. The van der Waals surface area contributed by atoms with E-state index in [0.29, 0.717) is 4.88 Å². The third kappa shape index (κ3) is 5.99. The Labute approximate surface area is 205 Å². The van der Waals surface area contributed by atoms with Crippen LogP contribution in [-0.4, -0.2) is 47.6 Å². The van der Waals surface area contributed by atoms with Gasteiger partial charge < -0.3 is 9.57 Å². The Hall–Kier alpha value is -3.86. The number of hydrogen-bond acceptors (Lipinski definition) is 8. The normalized spacial score (nSPS) is 11.5. The predicted molar refractivity (Wildman–Crippen MR) is 131 cm³/mol. The lowest BCUT2D eigenvalue weighted by Crippen LogP contribution is -2.46. The maximum atomic E-state index is 13.8. The summed E-state index contributed by atoms with van der Waals surface area (Å²) in [5.41, 5.74) is -0.0779. The second kappa shape index (κ2) is 11.0. The molecule has 2 heterocycles. The third-order valence-corrected chi connectivity index (χ3v) is 5.71. The van der Waals surface area contributed by atoms with Gasteiger partial charge in [0.25, 0.3) is 11.5 Å². The van der Waals surface area contributed by atoms with Gasteiger partial charge in [-0.05, 0) is 56.5 Å². The van der Waals surface area contributed by atoms with Gasteiger partial charge in [0.05, 0.1) is 40.9 Å². The number of oxime groups is 1. The molecule has 0 bridgehead atoms. The van der Waals surface area contributed by atoms with Crippen molar-refractivity contribution in [2.45, 2.75) is 33.3 Å². The summed E-state index contributed by atoms with van der Waals surface area (Å²) in [5, 5.41) is 11.0. The number of aromatic nitrogens is 2. The first-order valence-corrected chi connectivity index (χ1v) is 11.5. The predicted octanol–water partition coefficient (Wildman–Crippen LogP) is 3.44. The topological polar surface area (TPSA) is 103 Å². The van der Waals surface area contributed by atoms with Gasteiger partial charge in [0, 0.05) is 7.05 Å². The highest BCUT2D eigenvalue weighted by atomic mass is 32.1. The smallest absolute Gasteiger partial charge is 0.295 e. The number of hydrogen-bond donors (Lipinski definition) is 0. The van der Waals surface area contributed by atoms with Gasteiger partial charge in [0.2, 0.25) is 0 Å². The monoisotopic (exact) mass is 500 g/mol. The Morgan fingerprint density at radius 1 is 1.23 bits per heavy atom. The highest BCUT2D eigenvalue weighted by Crippen LogP contribution is 2.21. The van der Waals surface area contributed by atoms with Crippen LogP contribution in [0.2, 0.25) is 0 Å². The Morgan fingerprint density at radius 3 is 2.60 bits per heavy atom. The molecular weight excluding hydrogens is 475 g/mol. The van der Waals surface area contributed by atoms with Crippen molar-refractivity contribution in [2.75, 3.05) is 19.2 Å². The van der Waals surface area contributed by atoms with Crippen molar-refractivity contribution >= 4 is 28.7 Å². The van der Waals surface area contributed by atoms with Gasteiger partial charge in [-0.15, -0.1) is 16.1 Å². The fraction of sp³-hybridized carbons (Fsp3) is 0.292. The second-order valence-corrected chi connectivity index (χ2v) is 8.77. The summed E-state index contributed by atoms with van der Waals surface area (Å²) >= 11 is 1.22. The van der Waals surface area contributed by atoms with Crippen molar-refractivity contribution < 1.29 is 23.6 Å². The SMILES string of the molecule is COc1ccc(F)cc1C(=O)Cc1cc(/C(C)=N/OC(C)C)c(=O)n(N(C)C(=O)c2cccs2)n1. The number of carbonyl (C=O) groups is 2. The van der Waals surface area contributed by atoms with Crippen LogP contribution in [0.25, 0.3) is 0 Å². The van der Waals surface area contributed by atoms with Crippen LogP contribution < -0.4 is 15.3 Å². The molecule has 0 saturated carbocycles. The molecule has 0 radical (unpaired) electrons. The minimum absolute atomic E-state index is 0.0325. The van der Waals surface area contributed by atoms with Gasteiger partial charge in [0.1, 0.15) is 17.7 Å². The standard InChI is InChI=1S/C24H25FN4O5S/c1-14(2)34-27-15(3)18-12-17(13-20(30)19-11-16(25)8-9-21(19)33-5)26-29(23(18)31)28(4)24(32)22-7-6-10-35-22/h6-12,14H,13H2,1-5H3/b27-15+. The van der Waals surface area contributed by atoms with Crippen LogP contribution >= 0.6 is 11.3 Å². The zero-order valence-electron chi connectivity index (χ0n) is 19.9. The van der Waals surface area contributed by atoms with Crippen molar-refractivity contribution in [3.05, 3.63) is 79.6 Å². The van der Waals surface area contributed by atoms with Gasteiger partial charge >= 0.3 is 0 Å². The van der Waals surface area contributed by atoms with E-state index in [2.05, 4.69) is 10.3 Å². The molecule has 1 amide bonds. The Kier molecular flexibility index (Phi) is 8.13. The Balaban J connectivity index is 2.08. The maximum absolute atomic E-state index is 13.8. The van der Waals surface area contributed by atoms with E-state index in [0.717, 1.165) is 15.9 Å². The second-order valence-electron chi connectivity index (χ2n) is 7.83. The zero-order valence-corrected chi connectivity index (χ0v) is 20.8. The lowest BCUT2D eigenvalue weighted by molar-refractivity contribution is 0.0860. The van der Waals surface area contributed by atoms with E-state index < -0.39 is 23.1 Å². The molecule has 0 atom stereocenters. The quantitative estimate of drug-likeness (QED) is 0.253. The van der Waals surface area contributed by atoms with Crippen LogP contribution in [0.4, 0.5) is 4.39 Å². The summed E-state index contributed by atoms with van der Waals surface area (Å²) in [7, 11) is 2.78. The van der Waals surface area contributed by atoms with E-state index in [9.17, 15) is 18.8 Å². The van der Waals surface area contributed by atoms with Crippen LogP contribution in [0.5, 0.6) is 5.75 Å². The number of ether oxygens (including phenoxy) is 1. The highest BCUT2D eigenvalue weighted by molar-refractivity contribution is 7.12. The molecule has 9 nitrogen and oxygen atoms in total. The van der Waals surface area contributed by atoms with Crippen molar-refractivity contribution in [1.29, 1.82) is 0 Å². The summed E-state index contributed by atoms with van der Waals surface area (Å²) in [6, 6.07) is 8.38. The molecule has 11 heteroatoms. The van der Waals surface area contributed by atoms with Crippen LogP contribution in [-0.2, 0) is 11.3 Å². The number of ketones is 1. The number of benzene rings is 1. The van der Waals surface area contributed by atoms with E-state index in [1.54, 1.807) is 38.3 Å². The summed E-state index contributed by atoms with van der Waals surface area (Å²) in [6.45, 7) is 5.14. The number of nitrogens with zero attached hydrogens (tertiary/aromatic N) is 4. The minimum Gasteiger partial charge on any atom is -0.496 e. The lowest BCUT2D eigenvalue weighted by Gasteiger charge is -2.19. The molecule has 0 aliphatic rings. The Morgan fingerprint density at radius 2 is 1.97 bits per heavy atom. The number of Topliss-reactive ketones (excluding diaryl/α,β-unsaturated/α-hetero) is 1. The van der Waals surface area contributed by atoms with Crippen molar-refractivity contribution in [2.24, 2.45) is 5.16 Å². The van der Waals surface area contributed by atoms with E-state index >= 15 is 0 Å². The van der Waals surface area contributed by atoms with Crippen molar-refractivity contribution in [3.63, 3.8) is 0 Å². The van der Waals surface area contributed by atoms with Crippen molar-refractivity contribution in [3.8, 4) is 5.75 Å². The van der Waals surface area contributed by atoms with Crippen LogP contribution in [0.15, 0.2) is 51.7 Å².